The maximum Gasteiger partial charge on any atom is 0.573 e. The lowest BCUT2D eigenvalue weighted by molar-refractivity contribution is -0.274. The fraction of sp³-hybridized carbons (Fsp3) is 0.154. The molecule has 0 fully saturated rings. The van der Waals surface area contributed by atoms with Gasteiger partial charge < -0.3 is 15.4 Å². The van der Waals surface area contributed by atoms with Crippen LogP contribution in [-0.2, 0) is 0 Å². The van der Waals surface area contributed by atoms with Crippen LogP contribution in [0.25, 0.3) is 0 Å². The van der Waals surface area contributed by atoms with E-state index in [1.54, 1.807) is 0 Å². The van der Waals surface area contributed by atoms with Crippen molar-refractivity contribution in [2.45, 2.75) is 6.36 Å². The van der Waals surface area contributed by atoms with Crippen LogP contribution in [0.2, 0.25) is 10.3 Å². The number of nitrogens with zero attached hydrogens (tertiary/aromatic N) is 2. The van der Waals surface area contributed by atoms with Gasteiger partial charge in [0, 0.05) is 7.05 Å². The second-order valence-electron chi connectivity index (χ2n) is 4.27. The first kappa shape index (κ1) is 18.1. The Kier molecular flexibility index (Phi) is 5.35. The number of benzene rings is 1. The molecule has 0 radical (unpaired) electrons. The highest BCUT2D eigenvalue weighted by Gasteiger charge is 2.33. The van der Waals surface area contributed by atoms with Crippen LogP contribution in [0.5, 0.6) is 5.75 Å². The van der Waals surface area contributed by atoms with Crippen LogP contribution in [0.4, 0.5) is 24.7 Å². The largest absolute Gasteiger partial charge is 0.573 e. The van der Waals surface area contributed by atoms with E-state index < -0.39 is 18.0 Å². The molecule has 0 saturated heterocycles. The number of nitrogens with one attached hydrogen (secondary N) is 2. The lowest BCUT2D eigenvalue weighted by Crippen LogP contribution is -2.22. The molecule has 2 N–H and O–H groups in total. The zero-order chi connectivity index (χ0) is 17.9. The fourth-order valence-corrected chi connectivity index (χ4v) is 2.02. The molecule has 0 saturated carbocycles. The van der Waals surface area contributed by atoms with E-state index in [4.69, 9.17) is 23.2 Å². The number of hydrogen-bond donors (Lipinski definition) is 2. The molecule has 1 aromatic heterocycles. The number of anilines is 2. The minimum atomic E-state index is -4.95. The number of hydrogen-bond acceptors (Lipinski definition) is 5. The molecule has 128 valence electrons. The number of alkyl halides is 3. The Morgan fingerprint density at radius 2 is 2.00 bits per heavy atom. The molecule has 0 aliphatic carbocycles. The highest BCUT2D eigenvalue weighted by atomic mass is 35.5. The number of ether oxygens (including phenoxy) is 1. The minimum Gasteiger partial charge on any atom is -0.404 e. The average Bonchev–Trinajstić information content (AvgIpc) is 2.50. The van der Waals surface area contributed by atoms with Crippen LogP contribution in [0.3, 0.4) is 0 Å². The molecule has 1 aromatic carbocycles. The third-order valence-electron chi connectivity index (χ3n) is 2.68. The molecule has 2 aromatic rings. The molecule has 0 spiro atoms. The number of carbonyl (C=O) groups is 1. The predicted molar refractivity (Wildman–Crippen MR) is 81.8 cm³/mol. The van der Waals surface area contributed by atoms with Crippen molar-refractivity contribution in [1.29, 1.82) is 0 Å². The van der Waals surface area contributed by atoms with Gasteiger partial charge in [0.2, 0.25) is 5.28 Å². The van der Waals surface area contributed by atoms with E-state index in [1.807, 2.05) is 0 Å². The summed E-state index contributed by atoms with van der Waals surface area (Å²) in [7, 11) is 1.33. The molecular formula is C13H9Cl2F3N4O2. The van der Waals surface area contributed by atoms with Crippen molar-refractivity contribution in [2.75, 3.05) is 12.4 Å². The van der Waals surface area contributed by atoms with Crippen molar-refractivity contribution in [3.05, 3.63) is 40.3 Å². The summed E-state index contributed by atoms with van der Waals surface area (Å²) < 4.78 is 41.7. The molecule has 0 aliphatic rings. The standard InChI is InChI=1S/C13H9Cl2F3N4O2/c1-19-11(23)6-3-2-4-8(24-13(16,17)18)9(6)21-10-7(14)5-20-12(15)22-10/h2-5H,1H3,(H,19,23)(H,20,21,22). The summed E-state index contributed by atoms with van der Waals surface area (Å²) in [6, 6.07) is 3.59. The Labute approximate surface area is 144 Å². The molecule has 11 heteroatoms. The van der Waals surface area contributed by atoms with Crippen molar-refractivity contribution in [3.8, 4) is 5.75 Å². The summed E-state index contributed by atoms with van der Waals surface area (Å²) in [6.45, 7) is 0. The molecular weight excluding hydrogens is 372 g/mol. The van der Waals surface area contributed by atoms with E-state index in [9.17, 15) is 18.0 Å². The Hall–Kier alpha value is -2.26. The Balaban J connectivity index is 2.55. The summed E-state index contributed by atoms with van der Waals surface area (Å²) in [5.74, 6) is -1.35. The van der Waals surface area contributed by atoms with E-state index in [0.29, 0.717) is 0 Å². The van der Waals surface area contributed by atoms with Crippen molar-refractivity contribution < 1.29 is 22.7 Å². The average molecular weight is 381 g/mol. The van der Waals surface area contributed by atoms with Gasteiger partial charge in [-0.05, 0) is 23.7 Å². The zero-order valence-electron chi connectivity index (χ0n) is 11.9. The van der Waals surface area contributed by atoms with Crippen LogP contribution in [0.1, 0.15) is 10.4 Å². The van der Waals surface area contributed by atoms with Crippen molar-refractivity contribution in [2.24, 2.45) is 0 Å². The van der Waals surface area contributed by atoms with Gasteiger partial charge in [-0.1, -0.05) is 17.7 Å². The summed E-state index contributed by atoms with van der Waals surface area (Å²) in [5.41, 5.74) is -0.379. The van der Waals surface area contributed by atoms with Crippen LogP contribution in [-0.4, -0.2) is 29.3 Å². The van der Waals surface area contributed by atoms with Gasteiger partial charge in [-0.3, -0.25) is 4.79 Å². The zero-order valence-corrected chi connectivity index (χ0v) is 13.4. The van der Waals surface area contributed by atoms with Crippen molar-refractivity contribution in [1.82, 2.24) is 15.3 Å². The third kappa shape index (κ3) is 4.39. The topological polar surface area (TPSA) is 76.1 Å². The van der Waals surface area contributed by atoms with Crippen LogP contribution in [0.15, 0.2) is 24.4 Å². The number of amides is 1. The molecule has 6 nitrogen and oxygen atoms in total. The minimum absolute atomic E-state index is 0.0101. The van der Waals surface area contributed by atoms with Gasteiger partial charge in [0.25, 0.3) is 5.91 Å². The second kappa shape index (κ2) is 7.10. The summed E-state index contributed by atoms with van der Waals surface area (Å²) in [4.78, 5) is 19.3. The molecule has 0 aliphatic heterocycles. The van der Waals surface area contributed by atoms with Gasteiger partial charge in [0.1, 0.15) is 5.02 Å². The summed E-state index contributed by atoms with van der Waals surface area (Å²) >= 11 is 11.5. The molecule has 1 amide bonds. The summed E-state index contributed by atoms with van der Waals surface area (Å²) in [6.07, 6.45) is -3.79. The molecule has 0 unspecified atom stereocenters. The maximum atomic E-state index is 12.6. The number of carbonyl (C=O) groups excluding carboxylic acids is 1. The van der Waals surface area contributed by atoms with Crippen LogP contribution in [0, 0.1) is 0 Å². The molecule has 1 heterocycles. The third-order valence-corrected chi connectivity index (χ3v) is 3.14. The predicted octanol–water partition coefficient (Wildman–Crippen LogP) is 3.79. The number of rotatable bonds is 4. The van der Waals surface area contributed by atoms with Crippen LogP contribution < -0.4 is 15.4 Å². The Morgan fingerprint density at radius 1 is 1.29 bits per heavy atom. The Bertz CT molecular complexity index is 771. The van der Waals surface area contributed by atoms with Gasteiger partial charge in [-0.25, -0.2) is 4.98 Å². The van der Waals surface area contributed by atoms with E-state index >= 15 is 0 Å². The van der Waals surface area contributed by atoms with Gasteiger partial charge >= 0.3 is 6.36 Å². The molecule has 0 bridgehead atoms. The van der Waals surface area contributed by atoms with E-state index in [0.717, 1.165) is 12.3 Å². The quantitative estimate of drug-likeness (QED) is 0.789. The van der Waals surface area contributed by atoms with Gasteiger partial charge in [0.05, 0.1) is 17.4 Å². The van der Waals surface area contributed by atoms with E-state index in [-0.39, 0.29) is 27.4 Å². The van der Waals surface area contributed by atoms with Gasteiger partial charge in [0.15, 0.2) is 11.6 Å². The smallest absolute Gasteiger partial charge is 0.404 e. The molecule has 2 rings (SSSR count). The van der Waals surface area contributed by atoms with E-state index in [1.165, 1.54) is 19.2 Å². The highest BCUT2D eigenvalue weighted by Crippen LogP contribution is 2.36. The SMILES string of the molecule is CNC(=O)c1cccc(OC(F)(F)F)c1Nc1nc(Cl)ncc1Cl. The first-order valence-corrected chi connectivity index (χ1v) is 7.02. The highest BCUT2D eigenvalue weighted by molar-refractivity contribution is 6.33. The fourth-order valence-electron chi connectivity index (χ4n) is 1.75. The Morgan fingerprint density at radius 3 is 2.62 bits per heavy atom. The molecule has 0 atom stereocenters. The number of para-hydroxylation sites is 1. The van der Waals surface area contributed by atoms with Gasteiger partial charge in [-0.2, -0.15) is 4.98 Å². The first-order valence-electron chi connectivity index (χ1n) is 6.27. The van der Waals surface area contributed by atoms with Crippen LogP contribution >= 0.6 is 23.2 Å². The maximum absolute atomic E-state index is 12.6. The second-order valence-corrected chi connectivity index (χ2v) is 5.01. The lowest BCUT2D eigenvalue weighted by Gasteiger charge is -2.17. The number of aromatic nitrogens is 2. The van der Waals surface area contributed by atoms with Crippen molar-refractivity contribution >= 4 is 40.6 Å². The first-order chi connectivity index (χ1) is 11.2. The normalized spacial score (nSPS) is 11.1. The lowest BCUT2D eigenvalue weighted by atomic mass is 10.1. The molecule has 24 heavy (non-hydrogen) atoms. The summed E-state index contributed by atoms with van der Waals surface area (Å²) in [5, 5.41) is 4.66. The van der Waals surface area contributed by atoms with Gasteiger partial charge in [-0.15, -0.1) is 13.2 Å². The van der Waals surface area contributed by atoms with E-state index in [2.05, 4.69) is 25.3 Å². The van der Waals surface area contributed by atoms with Crippen molar-refractivity contribution in [3.63, 3.8) is 0 Å². The number of halogens is 5. The monoisotopic (exact) mass is 380 g/mol.